The highest BCUT2D eigenvalue weighted by molar-refractivity contribution is 5.93. The molecular weight excluding hydrogens is 362 g/mol. The van der Waals surface area contributed by atoms with Crippen LogP contribution in [0.25, 0.3) is 0 Å². The highest BCUT2D eigenvalue weighted by Crippen LogP contribution is 2.20. The van der Waals surface area contributed by atoms with E-state index in [2.05, 4.69) is 57.8 Å². The maximum absolute atomic E-state index is 13.0. The fourth-order valence-electron chi connectivity index (χ4n) is 4.21. The number of nitrogens with zero attached hydrogens (tertiary/aromatic N) is 5. The van der Waals surface area contributed by atoms with E-state index < -0.39 is 0 Å². The monoisotopic (exact) mass is 393 g/mol. The molecule has 29 heavy (non-hydrogen) atoms. The number of anilines is 2. The van der Waals surface area contributed by atoms with Gasteiger partial charge < -0.3 is 19.6 Å². The number of likely N-dealkylation sites (N-methyl/N-ethyl adjacent to an activating group) is 1. The van der Waals surface area contributed by atoms with Gasteiger partial charge in [0.25, 0.3) is 5.91 Å². The molecule has 2 aliphatic rings. The number of carbonyl (C=O) groups is 1. The molecule has 2 saturated heterocycles. The molecule has 1 amide bonds. The SMILES string of the molecule is CCN1CCN(c2ccnc(C(=O)N3CCN(c4cccc(C)c4)CC3)c2)CC1. The maximum atomic E-state index is 13.0. The van der Waals surface area contributed by atoms with E-state index in [1.807, 2.05) is 17.0 Å². The summed E-state index contributed by atoms with van der Waals surface area (Å²) in [5, 5.41) is 0. The zero-order chi connectivity index (χ0) is 20.2. The van der Waals surface area contributed by atoms with Crippen LogP contribution in [0.5, 0.6) is 0 Å². The third-order valence-corrected chi connectivity index (χ3v) is 6.08. The largest absolute Gasteiger partial charge is 0.369 e. The number of rotatable bonds is 4. The van der Waals surface area contributed by atoms with Gasteiger partial charge in [-0.3, -0.25) is 9.78 Å². The van der Waals surface area contributed by atoms with E-state index in [9.17, 15) is 4.79 Å². The Morgan fingerprint density at radius 1 is 0.897 bits per heavy atom. The summed E-state index contributed by atoms with van der Waals surface area (Å²) in [7, 11) is 0. The molecule has 0 radical (unpaired) electrons. The Kier molecular flexibility index (Phi) is 6.00. The molecule has 0 spiro atoms. The molecule has 0 atom stereocenters. The van der Waals surface area contributed by atoms with Crippen LogP contribution in [0.15, 0.2) is 42.6 Å². The van der Waals surface area contributed by atoms with Crippen molar-refractivity contribution >= 4 is 17.3 Å². The molecule has 154 valence electrons. The van der Waals surface area contributed by atoms with Crippen molar-refractivity contribution in [2.24, 2.45) is 0 Å². The molecule has 6 heteroatoms. The summed E-state index contributed by atoms with van der Waals surface area (Å²) < 4.78 is 0. The van der Waals surface area contributed by atoms with Crippen LogP contribution in [0.2, 0.25) is 0 Å². The minimum Gasteiger partial charge on any atom is -0.369 e. The normalized spacial score (nSPS) is 18.2. The summed E-state index contributed by atoms with van der Waals surface area (Å²) in [6, 6.07) is 12.6. The van der Waals surface area contributed by atoms with E-state index in [4.69, 9.17) is 0 Å². The molecule has 0 unspecified atom stereocenters. The molecule has 0 aliphatic carbocycles. The Labute approximate surface area is 173 Å². The molecule has 1 aromatic heterocycles. The van der Waals surface area contributed by atoms with E-state index in [0.717, 1.165) is 64.6 Å². The van der Waals surface area contributed by atoms with Gasteiger partial charge in [0, 0.05) is 69.9 Å². The quantitative estimate of drug-likeness (QED) is 0.799. The van der Waals surface area contributed by atoms with Gasteiger partial charge in [-0.25, -0.2) is 0 Å². The Hall–Kier alpha value is -2.60. The fraction of sp³-hybridized carbons (Fsp3) is 0.478. The minimum atomic E-state index is 0.0444. The smallest absolute Gasteiger partial charge is 0.272 e. The highest BCUT2D eigenvalue weighted by atomic mass is 16.2. The molecule has 4 rings (SSSR count). The van der Waals surface area contributed by atoms with E-state index in [-0.39, 0.29) is 5.91 Å². The van der Waals surface area contributed by atoms with Gasteiger partial charge in [-0.05, 0) is 43.3 Å². The number of aromatic nitrogens is 1. The Bertz CT molecular complexity index is 839. The van der Waals surface area contributed by atoms with Gasteiger partial charge >= 0.3 is 0 Å². The van der Waals surface area contributed by atoms with Crippen molar-refractivity contribution < 1.29 is 4.79 Å². The molecular formula is C23H31N5O. The highest BCUT2D eigenvalue weighted by Gasteiger charge is 2.24. The van der Waals surface area contributed by atoms with E-state index in [1.165, 1.54) is 11.3 Å². The number of pyridine rings is 1. The van der Waals surface area contributed by atoms with E-state index >= 15 is 0 Å². The first kappa shape index (κ1) is 19.7. The Balaban J connectivity index is 1.38. The lowest BCUT2D eigenvalue weighted by Gasteiger charge is -2.37. The van der Waals surface area contributed by atoms with Crippen LogP contribution in [0.4, 0.5) is 11.4 Å². The summed E-state index contributed by atoms with van der Waals surface area (Å²) in [6.45, 7) is 12.7. The van der Waals surface area contributed by atoms with Gasteiger partial charge in [-0.1, -0.05) is 19.1 Å². The van der Waals surface area contributed by atoms with Gasteiger partial charge in [0.1, 0.15) is 5.69 Å². The molecule has 6 nitrogen and oxygen atoms in total. The third-order valence-electron chi connectivity index (χ3n) is 6.08. The molecule has 2 fully saturated rings. The van der Waals surface area contributed by atoms with Crippen molar-refractivity contribution in [3.63, 3.8) is 0 Å². The minimum absolute atomic E-state index is 0.0444. The number of hydrogen-bond acceptors (Lipinski definition) is 5. The number of benzene rings is 1. The van der Waals surface area contributed by atoms with E-state index in [1.54, 1.807) is 6.20 Å². The van der Waals surface area contributed by atoms with Crippen LogP contribution in [-0.2, 0) is 0 Å². The summed E-state index contributed by atoms with van der Waals surface area (Å²) in [6.07, 6.45) is 1.78. The molecule has 3 heterocycles. The average molecular weight is 394 g/mol. The topological polar surface area (TPSA) is 42.9 Å². The number of aryl methyl sites for hydroxylation is 1. The first-order valence-corrected chi connectivity index (χ1v) is 10.7. The second-order valence-corrected chi connectivity index (χ2v) is 7.94. The number of amides is 1. The third kappa shape index (κ3) is 4.53. The molecule has 2 aromatic rings. The Morgan fingerprint density at radius 3 is 2.21 bits per heavy atom. The lowest BCUT2D eigenvalue weighted by Crippen LogP contribution is -2.49. The second-order valence-electron chi connectivity index (χ2n) is 7.94. The summed E-state index contributed by atoms with van der Waals surface area (Å²) in [5.41, 5.74) is 4.17. The van der Waals surface area contributed by atoms with Crippen LogP contribution < -0.4 is 9.80 Å². The van der Waals surface area contributed by atoms with Crippen molar-refractivity contribution in [1.29, 1.82) is 0 Å². The average Bonchev–Trinajstić information content (AvgIpc) is 2.79. The van der Waals surface area contributed by atoms with E-state index in [0.29, 0.717) is 5.69 Å². The molecule has 0 bridgehead atoms. The number of piperazine rings is 2. The van der Waals surface area contributed by atoms with Gasteiger partial charge in [0.15, 0.2) is 0 Å². The fourth-order valence-corrected chi connectivity index (χ4v) is 4.21. The predicted molar refractivity (Wildman–Crippen MR) is 118 cm³/mol. The lowest BCUT2D eigenvalue weighted by molar-refractivity contribution is 0.0741. The first-order valence-electron chi connectivity index (χ1n) is 10.7. The van der Waals surface area contributed by atoms with Crippen LogP contribution in [0.3, 0.4) is 0 Å². The standard InChI is InChI=1S/C23H31N5O/c1-3-25-9-11-26(12-10-25)21-7-8-24-22(18-21)23(29)28-15-13-27(14-16-28)20-6-4-5-19(2)17-20/h4-8,17-18H,3,9-16H2,1-2H3. The maximum Gasteiger partial charge on any atom is 0.272 e. The molecule has 1 aromatic carbocycles. The van der Waals surface area contributed by atoms with Crippen LogP contribution >= 0.6 is 0 Å². The van der Waals surface area contributed by atoms with Gasteiger partial charge in [-0.2, -0.15) is 0 Å². The predicted octanol–water partition coefficient (Wildman–Crippen LogP) is 2.49. The van der Waals surface area contributed by atoms with Crippen molar-refractivity contribution in [2.45, 2.75) is 13.8 Å². The van der Waals surface area contributed by atoms with Gasteiger partial charge in [-0.15, -0.1) is 0 Å². The second kappa shape index (κ2) is 8.82. The lowest BCUT2D eigenvalue weighted by atomic mass is 10.2. The van der Waals surface area contributed by atoms with Gasteiger partial charge in [0.05, 0.1) is 0 Å². The van der Waals surface area contributed by atoms with Crippen LogP contribution in [0, 0.1) is 6.92 Å². The molecule has 2 aliphatic heterocycles. The van der Waals surface area contributed by atoms with Crippen LogP contribution in [0.1, 0.15) is 23.0 Å². The molecule has 0 N–H and O–H groups in total. The van der Waals surface area contributed by atoms with Crippen molar-refractivity contribution in [3.8, 4) is 0 Å². The van der Waals surface area contributed by atoms with Gasteiger partial charge in [0.2, 0.25) is 0 Å². The van der Waals surface area contributed by atoms with Crippen molar-refractivity contribution in [1.82, 2.24) is 14.8 Å². The number of carbonyl (C=O) groups excluding carboxylic acids is 1. The zero-order valence-electron chi connectivity index (χ0n) is 17.5. The number of hydrogen-bond donors (Lipinski definition) is 0. The summed E-state index contributed by atoms with van der Waals surface area (Å²) in [4.78, 5) is 26.5. The zero-order valence-corrected chi connectivity index (χ0v) is 17.5. The Morgan fingerprint density at radius 2 is 1.55 bits per heavy atom. The van der Waals surface area contributed by atoms with Crippen molar-refractivity contribution in [3.05, 3.63) is 53.9 Å². The summed E-state index contributed by atoms with van der Waals surface area (Å²) >= 11 is 0. The molecule has 0 saturated carbocycles. The first-order chi connectivity index (χ1) is 14.1. The van der Waals surface area contributed by atoms with Crippen molar-refractivity contribution in [2.75, 3.05) is 68.7 Å². The van der Waals surface area contributed by atoms with Crippen LogP contribution in [-0.4, -0.2) is 79.6 Å². The summed E-state index contributed by atoms with van der Waals surface area (Å²) in [5.74, 6) is 0.0444.